The van der Waals surface area contributed by atoms with Crippen LogP contribution in [0.5, 0.6) is 0 Å². The molecule has 2 N–H and O–H groups in total. The molecule has 5 heteroatoms. The SMILES string of the molecule is CC1CC(C(=O)O)CN(C(=O)c2cccc(Nc3ccccc3)c2)C1. The molecule has 0 saturated carbocycles. The maximum atomic E-state index is 12.8. The van der Waals surface area contributed by atoms with Crippen LogP contribution in [0.15, 0.2) is 54.6 Å². The number of nitrogens with one attached hydrogen (secondary N) is 1. The van der Waals surface area contributed by atoms with Crippen LogP contribution in [0.1, 0.15) is 23.7 Å². The first kappa shape index (κ1) is 17.0. The monoisotopic (exact) mass is 338 g/mol. The fourth-order valence-electron chi connectivity index (χ4n) is 3.30. The van der Waals surface area contributed by atoms with Crippen molar-refractivity contribution in [2.75, 3.05) is 18.4 Å². The van der Waals surface area contributed by atoms with Crippen LogP contribution < -0.4 is 5.32 Å². The highest BCUT2D eigenvalue weighted by atomic mass is 16.4. The van der Waals surface area contributed by atoms with E-state index in [9.17, 15) is 14.7 Å². The van der Waals surface area contributed by atoms with E-state index < -0.39 is 11.9 Å². The fraction of sp³-hybridized carbons (Fsp3) is 0.300. The quantitative estimate of drug-likeness (QED) is 0.893. The Hall–Kier alpha value is -2.82. The molecule has 1 aliphatic heterocycles. The first-order chi connectivity index (χ1) is 12.0. The molecule has 1 heterocycles. The Bertz CT molecular complexity index is 761. The minimum absolute atomic E-state index is 0.116. The predicted molar refractivity (Wildman–Crippen MR) is 97.0 cm³/mol. The Morgan fingerprint density at radius 3 is 2.48 bits per heavy atom. The number of aliphatic carboxylic acids is 1. The van der Waals surface area contributed by atoms with Crippen molar-refractivity contribution >= 4 is 23.3 Å². The molecular weight excluding hydrogens is 316 g/mol. The third-order valence-electron chi connectivity index (χ3n) is 4.47. The van der Waals surface area contributed by atoms with Crippen molar-refractivity contribution in [1.29, 1.82) is 0 Å². The molecule has 0 aromatic heterocycles. The van der Waals surface area contributed by atoms with Crippen molar-refractivity contribution in [3.8, 4) is 0 Å². The summed E-state index contributed by atoms with van der Waals surface area (Å²) in [7, 11) is 0. The van der Waals surface area contributed by atoms with Gasteiger partial charge in [0, 0.05) is 30.0 Å². The predicted octanol–water partition coefficient (Wildman–Crippen LogP) is 3.61. The Labute approximate surface area is 147 Å². The van der Waals surface area contributed by atoms with Crippen molar-refractivity contribution in [3.05, 3.63) is 60.2 Å². The van der Waals surface area contributed by atoms with E-state index in [0.29, 0.717) is 18.5 Å². The van der Waals surface area contributed by atoms with Crippen molar-refractivity contribution < 1.29 is 14.7 Å². The Balaban J connectivity index is 1.76. The number of carboxylic acids is 1. The minimum Gasteiger partial charge on any atom is -0.481 e. The maximum absolute atomic E-state index is 12.8. The van der Waals surface area contributed by atoms with Gasteiger partial charge in [-0.3, -0.25) is 9.59 Å². The van der Waals surface area contributed by atoms with Gasteiger partial charge in [-0.2, -0.15) is 0 Å². The van der Waals surface area contributed by atoms with Gasteiger partial charge in [-0.05, 0) is 42.7 Å². The first-order valence-corrected chi connectivity index (χ1v) is 8.47. The van der Waals surface area contributed by atoms with Gasteiger partial charge in [-0.1, -0.05) is 31.2 Å². The molecule has 0 spiro atoms. The standard InChI is InChI=1S/C20H22N2O3/c1-14-10-16(20(24)25)13-22(12-14)19(23)15-6-5-9-18(11-15)21-17-7-3-2-4-8-17/h2-9,11,14,16,21H,10,12-13H2,1H3,(H,24,25). The van der Waals surface area contributed by atoms with E-state index in [2.05, 4.69) is 5.32 Å². The number of likely N-dealkylation sites (tertiary alicyclic amines) is 1. The number of rotatable bonds is 4. The number of para-hydroxylation sites is 1. The topological polar surface area (TPSA) is 69.6 Å². The van der Waals surface area contributed by atoms with Crippen LogP contribution in [0.25, 0.3) is 0 Å². The fourth-order valence-corrected chi connectivity index (χ4v) is 3.30. The van der Waals surface area contributed by atoms with Crippen LogP contribution in [0.2, 0.25) is 0 Å². The Morgan fingerprint density at radius 1 is 1.04 bits per heavy atom. The Kier molecular flexibility index (Phi) is 5.03. The van der Waals surface area contributed by atoms with E-state index in [1.165, 1.54) is 0 Å². The molecule has 1 saturated heterocycles. The molecule has 0 aliphatic carbocycles. The van der Waals surface area contributed by atoms with Gasteiger partial charge >= 0.3 is 5.97 Å². The van der Waals surface area contributed by atoms with Gasteiger partial charge in [0.2, 0.25) is 0 Å². The zero-order chi connectivity index (χ0) is 17.8. The molecule has 1 fully saturated rings. The summed E-state index contributed by atoms with van der Waals surface area (Å²) in [4.78, 5) is 25.8. The lowest BCUT2D eigenvalue weighted by Gasteiger charge is -2.34. The summed E-state index contributed by atoms with van der Waals surface area (Å²) in [6.07, 6.45) is 0.620. The minimum atomic E-state index is -0.830. The van der Waals surface area contributed by atoms with Gasteiger partial charge in [0.15, 0.2) is 0 Å². The van der Waals surface area contributed by atoms with Gasteiger partial charge in [0.05, 0.1) is 5.92 Å². The molecule has 0 radical (unpaired) electrons. The zero-order valence-electron chi connectivity index (χ0n) is 14.2. The largest absolute Gasteiger partial charge is 0.481 e. The lowest BCUT2D eigenvalue weighted by atomic mass is 9.90. The summed E-state index contributed by atoms with van der Waals surface area (Å²) in [6, 6.07) is 17.1. The van der Waals surface area contributed by atoms with Gasteiger partial charge in [-0.25, -0.2) is 0 Å². The molecule has 2 unspecified atom stereocenters. The van der Waals surface area contributed by atoms with E-state index in [1.807, 2.05) is 55.5 Å². The van der Waals surface area contributed by atoms with Crippen molar-refractivity contribution in [2.24, 2.45) is 11.8 Å². The summed E-state index contributed by atoms with van der Waals surface area (Å²) in [5.74, 6) is -1.25. The van der Waals surface area contributed by atoms with Crippen molar-refractivity contribution in [2.45, 2.75) is 13.3 Å². The van der Waals surface area contributed by atoms with Crippen LogP contribution in [-0.4, -0.2) is 35.0 Å². The van der Waals surface area contributed by atoms with Crippen LogP contribution >= 0.6 is 0 Å². The highest BCUT2D eigenvalue weighted by molar-refractivity contribution is 5.95. The van der Waals surface area contributed by atoms with E-state index in [-0.39, 0.29) is 18.4 Å². The number of nitrogens with zero attached hydrogens (tertiary/aromatic N) is 1. The Morgan fingerprint density at radius 2 is 1.76 bits per heavy atom. The summed E-state index contributed by atoms with van der Waals surface area (Å²) < 4.78 is 0. The summed E-state index contributed by atoms with van der Waals surface area (Å²) in [6.45, 7) is 2.86. The van der Waals surface area contributed by atoms with Crippen molar-refractivity contribution in [3.63, 3.8) is 0 Å². The molecule has 2 atom stereocenters. The highest BCUT2D eigenvalue weighted by Gasteiger charge is 2.32. The van der Waals surface area contributed by atoms with Gasteiger partial charge in [0.25, 0.3) is 5.91 Å². The molecule has 3 rings (SSSR count). The van der Waals surface area contributed by atoms with Gasteiger partial charge in [0.1, 0.15) is 0 Å². The van der Waals surface area contributed by atoms with E-state index in [4.69, 9.17) is 0 Å². The number of hydrogen-bond donors (Lipinski definition) is 2. The average Bonchev–Trinajstić information content (AvgIpc) is 2.61. The summed E-state index contributed by atoms with van der Waals surface area (Å²) in [5.41, 5.74) is 2.35. The van der Waals surface area contributed by atoms with Crippen LogP contribution in [0.3, 0.4) is 0 Å². The highest BCUT2D eigenvalue weighted by Crippen LogP contribution is 2.24. The number of benzene rings is 2. The molecule has 0 bridgehead atoms. The number of piperidine rings is 1. The third-order valence-corrected chi connectivity index (χ3v) is 4.47. The maximum Gasteiger partial charge on any atom is 0.308 e. The lowest BCUT2D eigenvalue weighted by molar-refractivity contribution is -0.143. The normalized spacial score (nSPS) is 20.1. The van der Waals surface area contributed by atoms with Crippen LogP contribution in [0.4, 0.5) is 11.4 Å². The molecule has 1 aliphatic rings. The average molecular weight is 338 g/mol. The van der Waals surface area contributed by atoms with E-state index in [1.54, 1.807) is 11.0 Å². The van der Waals surface area contributed by atoms with E-state index >= 15 is 0 Å². The van der Waals surface area contributed by atoms with Crippen LogP contribution in [0, 0.1) is 11.8 Å². The zero-order valence-corrected chi connectivity index (χ0v) is 14.2. The lowest BCUT2D eigenvalue weighted by Crippen LogP contribution is -2.45. The molecule has 2 aromatic carbocycles. The molecule has 2 aromatic rings. The first-order valence-electron chi connectivity index (χ1n) is 8.47. The molecule has 130 valence electrons. The van der Waals surface area contributed by atoms with E-state index in [0.717, 1.165) is 11.4 Å². The second kappa shape index (κ2) is 7.38. The van der Waals surface area contributed by atoms with Gasteiger partial charge in [-0.15, -0.1) is 0 Å². The smallest absolute Gasteiger partial charge is 0.308 e. The number of amides is 1. The van der Waals surface area contributed by atoms with Gasteiger partial charge < -0.3 is 15.3 Å². The molecular formula is C20H22N2O3. The van der Waals surface area contributed by atoms with Crippen LogP contribution in [-0.2, 0) is 4.79 Å². The molecule has 25 heavy (non-hydrogen) atoms. The second-order valence-corrected chi connectivity index (χ2v) is 6.66. The number of carboxylic acid groups (broad SMARTS) is 1. The van der Waals surface area contributed by atoms with Crippen molar-refractivity contribution in [1.82, 2.24) is 4.90 Å². The number of hydrogen-bond acceptors (Lipinski definition) is 3. The second-order valence-electron chi connectivity index (χ2n) is 6.66. The summed E-state index contributed by atoms with van der Waals surface area (Å²) in [5, 5.41) is 12.6. The third kappa shape index (κ3) is 4.18. The molecule has 5 nitrogen and oxygen atoms in total. The number of anilines is 2. The summed E-state index contributed by atoms with van der Waals surface area (Å²) >= 11 is 0. The number of carbonyl (C=O) groups is 2. The number of carbonyl (C=O) groups excluding carboxylic acids is 1. The molecule has 1 amide bonds.